The Balaban J connectivity index is 2.30. The van der Waals surface area contributed by atoms with Crippen molar-refractivity contribution in [2.24, 2.45) is 0 Å². The molecule has 2 rings (SSSR count). The highest BCUT2D eigenvalue weighted by atomic mass is 35.5. The number of carboxylic acids is 1. The number of hydrogen-bond acceptors (Lipinski definition) is 2. The Morgan fingerprint density at radius 2 is 1.68 bits per heavy atom. The van der Waals surface area contributed by atoms with Crippen LogP contribution in [0.5, 0.6) is 5.75 Å². The molecule has 1 N–H and O–H groups in total. The Labute approximate surface area is 134 Å². The molecule has 0 heterocycles. The van der Waals surface area contributed by atoms with Crippen molar-refractivity contribution in [1.29, 1.82) is 0 Å². The lowest BCUT2D eigenvalue weighted by Crippen LogP contribution is -2.05. The third-order valence-corrected chi connectivity index (χ3v) is 3.20. The first-order valence-electron chi connectivity index (χ1n) is 6.93. The van der Waals surface area contributed by atoms with Crippen LogP contribution in [-0.2, 0) is 4.79 Å². The zero-order valence-corrected chi connectivity index (χ0v) is 13.2. The highest BCUT2D eigenvalue weighted by Gasteiger charge is 2.10. The number of hydrogen-bond donors (Lipinski definition) is 1. The summed E-state index contributed by atoms with van der Waals surface area (Å²) in [6.07, 6.45) is 1.73. The maximum absolute atomic E-state index is 11.5. The Kier molecular flexibility index (Phi) is 5.23. The second-order valence-electron chi connectivity index (χ2n) is 5.11. The first kappa shape index (κ1) is 16.1. The van der Waals surface area contributed by atoms with Gasteiger partial charge in [-0.2, -0.15) is 0 Å². The topological polar surface area (TPSA) is 46.5 Å². The normalized spacial score (nSPS) is 11.5. The van der Waals surface area contributed by atoms with Gasteiger partial charge in [-0.15, -0.1) is 0 Å². The van der Waals surface area contributed by atoms with E-state index in [4.69, 9.17) is 16.3 Å². The van der Waals surface area contributed by atoms with Gasteiger partial charge < -0.3 is 9.84 Å². The minimum Gasteiger partial charge on any atom is -0.491 e. The molecule has 2 aromatic rings. The third-order valence-electron chi connectivity index (χ3n) is 2.95. The number of halogens is 1. The van der Waals surface area contributed by atoms with Crippen LogP contribution in [-0.4, -0.2) is 17.2 Å². The number of ether oxygens (including phenoxy) is 1. The SMILES string of the molecule is CC(C)Oc1ccc(/C=C(\C(=O)O)c2ccc(Cl)cc2)cc1. The molecule has 0 aromatic heterocycles. The molecule has 0 bridgehead atoms. The highest BCUT2D eigenvalue weighted by Crippen LogP contribution is 2.22. The maximum Gasteiger partial charge on any atom is 0.336 e. The van der Waals surface area contributed by atoms with Crippen LogP contribution in [0.2, 0.25) is 5.02 Å². The van der Waals surface area contributed by atoms with E-state index in [2.05, 4.69) is 0 Å². The van der Waals surface area contributed by atoms with E-state index in [1.807, 2.05) is 38.1 Å². The smallest absolute Gasteiger partial charge is 0.336 e. The summed E-state index contributed by atoms with van der Waals surface area (Å²) in [6.45, 7) is 3.91. The van der Waals surface area contributed by atoms with Gasteiger partial charge in [0.25, 0.3) is 0 Å². The Morgan fingerprint density at radius 1 is 1.09 bits per heavy atom. The van der Waals surface area contributed by atoms with Crippen LogP contribution in [0.1, 0.15) is 25.0 Å². The minimum atomic E-state index is -0.982. The summed E-state index contributed by atoms with van der Waals surface area (Å²) in [5, 5.41) is 9.98. The third kappa shape index (κ3) is 4.37. The van der Waals surface area contributed by atoms with Crippen LogP contribution in [0, 0.1) is 0 Å². The van der Waals surface area contributed by atoms with Crippen molar-refractivity contribution in [1.82, 2.24) is 0 Å². The molecule has 0 radical (unpaired) electrons. The Morgan fingerprint density at radius 3 is 2.18 bits per heavy atom. The zero-order chi connectivity index (χ0) is 16.1. The second-order valence-corrected chi connectivity index (χ2v) is 5.54. The standard InChI is InChI=1S/C18H17ClO3/c1-12(2)22-16-9-3-13(4-10-16)11-17(18(20)21)14-5-7-15(19)8-6-14/h3-12H,1-2H3,(H,20,21)/b17-11-. The Bertz CT molecular complexity index is 670. The van der Waals surface area contributed by atoms with Crippen LogP contribution in [0.25, 0.3) is 11.6 Å². The molecule has 0 saturated heterocycles. The van der Waals surface area contributed by atoms with Gasteiger partial charge in [-0.05, 0) is 55.3 Å². The zero-order valence-electron chi connectivity index (χ0n) is 12.4. The van der Waals surface area contributed by atoms with E-state index in [1.165, 1.54) is 0 Å². The number of benzene rings is 2. The summed E-state index contributed by atoms with van der Waals surface area (Å²) in [7, 11) is 0. The van der Waals surface area contributed by atoms with Gasteiger partial charge in [0.05, 0.1) is 11.7 Å². The van der Waals surface area contributed by atoms with E-state index in [0.29, 0.717) is 10.6 Å². The molecule has 22 heavy (non-hydrogen) atoms. The van der Waals surface area contributed by atoms with E-state index in [9.17, 15) is 9.90 Å². The molecule has 0 aliphatic rings. The molecule has 3 nitrogen and oxygen atoms in total. The summed E-state index contributed by atoms with van der Waals surface area (Å²) >= 11 is 5.83. The number of rotatable bonds is 5. The maximum atomic E-state index is 11.5. The van der Waals surface area contributed by atoms with Crippen molar-refractivity contribution in [3.63, 3.8) is 0 Å². The van der Waals surface area contributed by atoms with Gasteiger partial charge in [0, 0.05) is 5.02 Å². The van der Waals surface area contributed by atoms with Crippen molar-refractivity contribution in [2.45, 2.75) is 20.0 Å². The fourth-order valence-corrected chi connectivity index (χ4v) is 2.11. The lowest BCUT2D eigenvalue weighted by Gasteiger charge is -2.09. The van der Waals surface area contributed by atoms with Crippen molar-refractivity contribution in [2.75, 3.05) is 0 Å². The Hall–Kier alpha value is -2.26. The van der Waals surface area contributed by atoms with Gasteiger partial charge in [0.15, 0.2) is 0 Å². The molecule has 0 spiro atoms. The van der Waals surface area contributed by atoms with E-state index < -0.39 is 5.97 Å². The summed E-state index contributed by atoms with van der Waals surface area (Å²) < 4.78 is 5.57. The molecular formula is C18H17ClO3. The average Bonchev–Trinajstić information content (AvgIpc) is 2.47. The van der Waals surface area contributed by atoms with Gasteiger partial charge in [-0.3, -0.25) is 0 Å². The van der Waals surface area contributed by atoms with E-state index >= 15 is 0 Å². The van der Waals surface area contributed by atoms with Gasteiger partial charge in [0.1, 0.15) is 5.75 Å². The molecule has 0 aliphatic carbocycles. The van der Waals surface area contributed by atoms with Crippen molar-refractivity contribution < 1.29 is 14.6 Å². The minimum absolute atomic E-state index is 0.102. The number of carbonyl (C=O) groups is 1. The quantitative estimate of drug-likeness (QED) is 0.639. The van der Waals surface area contributed by atoms with Crippen molar-refractivity contribution in [3.8, 4) is 5.75 Å². The molecule has 0 atom stereocenters. The first-order chi connectivity index (χ1) is 10.5. The fourth-order valence-electron chi connectivity index (χ4n) is 1.98. The summed E-state index contributed by atoms with van der Waals surface area (Å²) in [4.78, 5) is 11.5. The van der Waals surface area contributed by atoms with Gasteiger partial charge >= 0.3 is 5.97 Å². The molecule has 0 unspecified atom stereocenters. The molecule has 0 fully saturated rings. The number of carboxylic acid groups (broad SMARTS) is 1. The molecule has 2 aromatic carbocycles. The predicted molar refractivity (Wildman–Crippen MR) is 89.2 cm³/mol. The molecule has 0 amide bonds. The predicted octanol–water partition coefficient (Wildman–Crippen LogP) is 4.75. The molecule has 114 valence electrons. The lowest BCUT2D eigenvalue weighted by atomic mass is 10.0. The van der Waals surface area contributed by atoms with Crippen LogP contribution in [0.4, 0.5) is 0 Å². The first-order valence-corrected chi connectivity index (χ1v) is 7.31. The monoisotopic (exact) mass is 316 g/mol. The highest BCUT2D eigenvalue weighted by molar-refractivity contribution is 6.30. The van der Waals surface area contributed by atoms with Crippen molar-refractivity contribution >= 4 is 29.2 Å². The summed E-state index contributed by atoms with van der Waals surface area (Å²) in [5.74, 6) is -0.222. The summed E-state index contributed by atoms with van der Waals surface area (Å²) in [5.41, 5.74) is 1.62. The van der Waals surface area contributed by atoms with Crippen LogP contribution < -0.4 is 4.74 Å². The van der Waals surface area contributed by atoms with E-state index in [1.54, 1.807) is 30.3 Å². The van der Waals surface area contributed by atoms with Gasteiger partial charge in [-0.25, -0.2) is 4.79 Å². The van der Waals surface area contributed by atoms with E-state index in [-0.39, 0.29) is 11.7 Å². The lowest BCUT2D eigenvalue weighted by molar-refractivity contribution is -0.130. The largest absolute Gasteiger partial charge is 0.491 e. The summed E-state index contributed by atoms with van der Waals surface area (Å²) in [6, 6.07) is 14.0. The van der Waals surface area contributed by atoms with Gasteiger partial charge in [0.2, 0.25) is 0 Å². The number of aliphatic carboxylic acids is 1. The second kappa shape index (κ2) is 7.14. The fraction of sp³-hybridized carbons (Fsp3) is 0.167. The van der Waals surface area contributed by atoms with Crippen LogP contribution >= 0.6 is 11.6 Å². The van der Waals surface area contributed by atoms with Crippen LogP contribution in [0.15, 0.2) is 48.5 Å². The van der Waals surface area contributed by atoms with Crippen molar-refractivity contribution in [3.05, 3.63) is 64.7 Å². The molecular weight excluding hydrogens is 300 g/mol. The van der Waals surface area contributed by atoms with Gasteiger partial charge in [-0.1, -0.05) is 35.9 Å². The van der Waals surface area contributed by atoms with E-state index in [0.717, 1.165) is 11.3 Å². The molecule has 0 saturated carbocycles. The molecule has 0 aliphatic heterocycles. The van der Waals surface area contributed by atoms with Crippen LogP contribution in [0.3, 0.4) is 0 Å². The average molecular weight is 317 g/mol. The molecule has 4 heteroatoms.